The molecule has 0 unspecified atom stereocenters. The molecule has 1 aliphatic carbocycles. The predicted octanol–water partition coefficient (Wildman–Crippen LogP) is 2.59. The Bertz CT molecular complexity index is 514. The number of hydrogen-bond acceptors (Lipinski definition) is 2. The van der Waals surface area contributed by atoms with Crippen molar-refractivity contribution >= 4 is 23.5 Å². The average molecular weight is 296 g/mol. The highest BCUT2D eigenvalue weighted by Gasteiger charge is 2.34. The fourth-order valence-corrected chi connectivity index (χ4v) is 2.32. The number of hydrogen-bond donors (Lipinski definition) is 1. The molecule has 108 valence electrons. The lowest BCUT2D eigenvalue weighted by Crippen LogP contribution is -2.39. The lowest BCUT2D eigenvalue weighted by atomic mass is 10.1. The van der Waals surface area contributed by atoms with E-state index in [9.17, 15) is 9.59 Å². The van der Waals surface area contributed by atoms with Crippen molar-refractivity contribution in [3.8, 4) is 0 Å². The fraction of sp³-hybridized carbons (Fsp3) is 0.467. The molecule has 0 saturated heterocycles. The van der Waals surface area contributed by atoms with Gasteiger partial charge in [0.05, 0.1) is 12.3 Å². The summed E-state index contributed by atoms with van der Waals surface area (Å²) in [4.78, 5) is 25.0. The fourth-order valence-electron chi connectivity index (χ4n) is 2.12. The van der Waals surface area contributed by atoms with Crippen LogP contribution < -0.4 is 0 Å². The molecular formula is C15H18ClNO3. The van der Waals surface area contributed by atoms with E-state index >= 15 is 0 Å². The summed E-state index contributed by atoms with van der Waals surface area (Å²) in [5.74, 6) is -1.47. The number of carbonyl (C=O) groups is 2. The van der Waals surface area contributed by atoms with Crippen LogP contribution in [0.25, 0.3) is 0 Å². The second kappa shape index (κ2) is 6.27. The Kier molecular flexibility index (Phi) is 4.65. The molecule has 1 N–H and O–H groups in total. The number of carboxylic acid groups (broad SMARTS) is 1. The van der Waals surface area contributed by atoms with Crippen LogP contribution in [0.1, 0.15) is 25.3 Å². The lowest BCUT2D eigenvalue weighted by Gasteiger charge is -2.24. The van der Waals surface area contributed by atoms with E-state index in [1.54, 1.807) is 17.9 Å². The topological polar surface area (TPSA) is 57.6 Å². The number of rotatable bonds is 6. The smallest absolute Gasteiger partial charge is 0.308 e. The predicted molar refractivity (Wildman–Crippen MR) is 76.7 cm³/mol. The van der Waals surface area contributed by atoms with Gasteiger partial charge in [0, 0.05) is 17.6 Å². The summed E-state index contributed by atoms with van der Waals surface area (Å²) < 4.78 is 0. The molecule has 1 fully saturated rings. The molecule has 1 aromatic carbocycles. The van der Waals surface area contributed by atoms with Gasteiger partial charge in [-0.05, 0) is 24.5 Å². The number of aliphatic carboxylic acids is 1. The maximum absolute atomic E-state index is 12.4. The minimum absolute atomic E-state index is 0.0475. The summed E-state index contributed by atoms with van der Waals surface area (Å²) in [6.45, 7) is 1.89. The van der Waals surface area contributed by atoms with Gasteiger partial charge in [-0.15, -0.1) is 0 Å². The van der Waals surface area contributed by atoms with E-state index in [0.29, 0.717) is 5.02 Å². The summed E-state index contributed by atoms with van der Waals surface area (Å²) >= 11 is 6.06. The van der Waals surface area contributed by atoms with E-state index < -0.39 is 11.9 Å². The normalized spacial score (nSPS) is 15.7. The molecule has 0 aliphatic heterocycles. The molecule has 1 atom stereocenters. The van der Waals surface area contributed by atoms with Crippen LogP contribution in [0.4, 0.5) is 0 Å². The Hall–Kier alpha value is -1.55. The first-order chi connectivity index (χ1) is 9.49. The van der Waals surface area contributed by atoms with Crippen molar-refractivity contribution in [2.75, 3.05) is 6.54 Å². The number of benzene rings is 1. The monoisotopic (exact) mass is 295 g/mol. The third-order valence-electron chi connectivity index (χ3n) is 3.50. The van der Waals surface area contributed by atoms with Crippen LogP contribution in [0.5, 0.6) is 0 Å². The summed E-state index contributed by atoms with van der Waals surface area (Å²) in [7, 11) is 0. The van der Waals surface area contributed by atoms with Gasteiger partial charge in [0.1, 0.15) is 0 Å². The first-order valence-electron chi connectivity index (χ1n) is 6.74. The van der Waals surface area contributed by atoms with E-state index in [1.807, 2.05) is 18.2 Å². The molecule has 0 heterocycles. The zero-order valence-electron chi connectivity index (χ0n) is 11.4. The van der Waals surface area contributed by atoms with Crippen molar-refractivity contribution in [1.29, 1.82) is 0 Å². The lowest BCUT2D eigenvalue weighted by molar-refractivity contribution is -0.143. The van der Waals surface area contributed by atoms with Gasteiger partial charge in [-0.1, -0.05) is 36.7 Å². The molecule has 4 nitrogen and oxygen atoms in total. The van der Waals surface area contributed by atoms with Gasteiger partial charge in [0.25, 0.3) is 0 Å². The highest BCUT2D eigenvalue weighted by molar-refractivity contribution is 6.31. The third-order valence-corrected chi connectivity index (χ3v) is 3.87. The van der Waals surface area contributed by atoms with Crippen LogP contribution in [0, 0.1) is 5.92 Å². The van der Waals surface area contributed by atoms with Gasteiger partial charge < -0.3 is 10.0 Å². The molecule has 0 bridgehead atoms. The molecule has 1 aromatic rings. The maximum atomic E-state index is 12.4. The van der Waals surface area contributed by atoms with Crippen molar-refractivity contribution in [1.82, 2.24) is 4.90 Å². The van der Waals surface area contributed by atoms with Crippen molar-refractivity contribution in [3.05, 3.63) is 34.9 Å². The van der Waals surface area contributed by atoms with E-state index in [1.165, 1.54) is 0 Å². The van der Waals surface area contributed by atoms with Gasteiger partial charge in [-0.2, -0.15) is 0 Å². The third kappa shape index (κ3) is 3.73. The minimum atomic E-state index is -0.874. The number of carbonyl (C=O) groups excluding carboxylic acids is 1. The highest BCUT2D eigenvalue weighted by Crippen LogP contribution is 2.29. The molecule has 0 aromatic heterocycles. The first kappa shape index (κ1) is 14.9. The zero-order chi connectivity index (χ0) is 14.7. The number of halogens is 1. The number of carboxylic acids is 1. The first-order valence-corrected chi connectivity index (χ1v) is 7.12. The highest BCUT2D eigenvalue weighted by atomic mass is 35.5. The summed E-state index contributed by atoms with van der Waals surface area (Å²) in [5, 5.41) is 9.56. The molecule has 1 aliphatic rings. The van der Waals surface area contributed by atoms with E-state index in [4.69, 9.17) is 16.7 Å². The summed E-state index contributed by atoms with van der Waals surface area (Å²) in [6.07, 6.45) is 2.14. The largest absolute Gasteiger partial charge is 0.481 e. The van der Waals surface area contributed by atoms with E-state index in [-0.39, 0.29) is 24.9 Å². The van der Waals surface area contributed by atoms with Crippen LogP contribution in [-0.4, -0.2) is 34.5 Å². The molecule has 1 amide bonds. The molecule has 1 saturated carbocycles. The Labute approximate surface area is 123 Å². The Morgan fingerprint density at radius 1 is 1.40 bits per heavy atom. The van der Waals surface area contributed by atoms with Crippen LogP contribution >= 0.6 is 11.6 Å². The van der Waals surface area contributed by atoms with Gasteiger partial charge in [-0.3, -0.25) is 9.59 Å². The van der Waals surface area contributed by atoms with Gasteiger partial charge in [0.15, 0.2) is 0 Å². The van der Waals surface area contributed by atoms with Gasteiger partial charge in [0.2, 0.25) is 5.91 Å². The molecule has 0 spiro atoms. The van der Waals surface area contributed by atoms with Crippen molar-refractivity contribution in [2.45, 2.75) is 32.2 Å². The van der Waals surface area contributed by atoms with E-state index in [2.05, 4.69) is 0 Å². The van der Waals surface area contributed by atoms with Gasteiger partial charge in [-0.25, -0.2) is 0 Å². The second-order valence-electron chi connectivity index (χ2n) is 5.28. The Morgan fingerprint density at radius 2 is 2.05 bits per heavy atom. The van der Waals surface area contributed by atoms with Crippen molar-refractivity contribution < 1.29 is 14.7 Å². The summed E-state index contributed by atoms with van der Waals surface area (Å²) in [5.41, 5.74) is 0.785. The molecular weight excluding hydrogens is 278 g/mol. The molecule has 5 heteroatoms. The van der Waals surface area contributed by atoms with Crippen molar-refractivity contribution in [2.24, 2.45) is 5.92 Å². The standard InChI is InChI=1S/C15H18ClNO3/c1-10(15(19)20)9-17(12-6-7-12)14(18)8-11-4-2-3-5-13(11)16/h2-5,10,12H,6-9H2,1H3,(H,19,20)/t10-/m1/s1. The Balaban J connectivity index is 2.04. The van der Waals surface area contributed by atoms with Crippen LogP contribution in [0.2, 0.25) is 5.02 Å². The SMILES string of the molecule is C[C@H](CN(C(=O)Cc1ccccc1Cl)C1CC1)C(=O)O. The second-order valence-corrected chi connectivity index (χ2v) is 5.69. The Morgan fingerprint density at radius 3 is 2.60 bits per heavy atom. The molecule has 20 heavy (non-hydrogen) atoms. The zero-order valence-corrected chi connectivity index (χ0v) is 12.1. The van der Waals surface area contributed by atoms with Crippen LogP contribution in [0.3, 0.4) is 0 Å². The van der Waals surface area contributed by atoms with Crippen LogP contribution in [-0.2, 0) is 16.0 Å². The molecule has 0 radical (unpaired) electrons. The average Bonchev–Trinajstić information content (AvgIpc) is 3.22. The number of amides is 1. The number of nitrogens with zero attached hydrogens (tertiary/aromatic N) is 1. The maximum Gasteiger partial charge on any atom is 0.308 e. The van der Waals surface area contributed by atoms with Crippen LogP contribution in [0.15, 0.2) is 24.3 Å². The quantitative estimate of drug-likeness (QED) is 0.877. The summed E-state index contributed by atoms with van der Waals surface area (Å²) in [6, 6.07) is 7.45. The van der Waals surface area contributed by atoms with E-state index in [0.717, 1.165) is 18.4 Å². The van der Waals surface area contributed by atoms with Crippen molar-refractivity contribution in [3.63, 3.8) is 0 Å². The molecule has 2 rings (SSSR count). The minimum Gasteiger partial charge on any atom is -0.481 e. The van der Waals surface area contributed by atoms with Gasteiger partial charge >= 0.3 is 5.97 Å².